The van der Waals surface area contributed by atoms with Crippen LogP contribution in [0.1, 0.15) is 11.1 Å². The average molecular weight is 413 g/mol. The van der Waals surface area contributed by atoms with E-state index in [0.29, 0.717) is 11.2 Å². The number of oxazole rings is 1. The molecule has 0 saturated heterocycles. The van der Waals surface area contributed by atoms with E-state index in [4.69, 9.17) is 4.42 Å². The number of nitro benzene ring substituents is 1. The summed E-state index contributed by atoms with van der Waals surface area (Å²) in [5.74, 6) is 4.87. The first-order chi connectivity index (χ1) is 15.0. The average Bonchev–Trinajstić information content (AvgIpc) is 3.07. The van der Waals surface area contributed by atoms with E-state index in [9.17, 15) is 19.7 Å². The van der Waals surface area contributed by atoms with Crippen molar-refractivity contribution in [2.75, 3.05) is 5.32 Å². The van der Waals surface area contributed by atoms with Gasteiger partial charge in [-0.05, 0) is 36.4 Å². The Labute approximate surface area is 175 Å². The molecule has 1 N–H and O–H groups in total. The Morgan fingerprint density at radius 1 is 1.00 bits per heavy atom. The number of nitrogens with one attached hydrogen (secondary N) is 1. The largest absolute Gasteiger partial charge is 0.420 e. The van der Waals surface area contributed by atoms with Gasteiger partial charge in [-0.25, -0.2) is 4.79 Å². The third-order valence-corrected chi connectivity index (χ3v) is 4.44. The molecule has 0 saturated carbocycles. The van der Waals surface area contributed by atoms with Gasteiger partial charge in [0.15, 0.2) is 5.58 Å². The molecule has 1 amide bonds. The molecule has 152 valence electrons. The van der Waals surface area contributed by atoms with Crippen LogP contribution >= 0.6 is 0 Å². The first-order valence-corrected chi connectivity index (χ1v) is 9.24. The van der Waals surface area contributed by atoms with E-state index in [1.54, 1.807) is 18.2 Å². The highest BCUT2D eigenvalue weighted by Gasteiger charge is 2.16. The van der Waals surface area contributed by atoms with Crippen LogP contribution in [0.15, 0.2) is 82.0 Å². The number of non-ortho nitro benzene ring substituents is 1. The molecule has 4 aromatic rings. The third kappa shape index (κ3) is 4.52. The number of carbonyl (C=O) groups is 1. The number of amides is 1. The van der Waals surface area contributed by atoms with Crippen LogP contribution in [0.25, 0.3) is 11.1 Å². The van der Waals surface area contributed by atoms with E-state index < -0.39 is 16.6 Å². The van der Waals surface area contributed by atoms with E-state index in [1.807, 2.05) is 36.4 Å². The lowest BCUT2D eigenvalue weighted by atomic mass is 10.1. The lowest BCUT2D eigenvalue weighted by Gasteiger charge is -2.06. The van der Waals surface area contributed by atoms with Gasteiger partial charge in [-0.1, -0.05) is 36.1 Å². The highest BCUT2D eigenvalue weighted by atomic mass is 16.6. The van der Waals surface area contributed by atoms with Gasteiger partial charge in [-0.2, -0.15) is 0 Å². The zero-order valence-corrected chi connectivity index (χ0v) is 16.1. The smallest absolute Gasteiger partial charge is 0.407 e. The summed E-state index contributed by atoms with van der Waals surface area (Å²) in [5, 5.41) is 13.6. The first-order valence-electron chi connectivity index (χ1n) is 9.24. The van der Waals surface area contributed by atoms with Crippen molar-refractivity contribution in [2.45, 2.75) is 6.54 Å². The fraction of sp³-hybridized carbons (Fsp3) is 0.0435. The van der Waals surface area contributed by atoms with Crippen LogP contribution < -0.4 is 11.1 Å². The van der Waals surface area contributed by atoms with Crippen molar-refractivity contribution in [3.63, 3.8) is 0 Å². The number of hydrogen-bond acceptors (Lipinski definition) is 5. The van der Waals surface area contributed by atoms with Crippen molar-refractivity contribution >= 4 is 28.4 Å². The lowest BCUT2D eigenvalue weighted by molar-refractivity contribution is -0.384. The molecule has 0 radical (unpaired) electrons. The van der Waals surface area contributed by atoms with E-state index >= 15 is 0 Å². The van der Waals surface area contributed by atoms with Crippen LogP contribution in [-0.4, -0.2) is 15.4 Å². The van der Waals surface area contributed by atoms with Crippen molar-refractivity contribution in [1.82, 2.24) is 4.57 Å². The zero-order valence-electron chi connectivity index (χ0n) is 16.1. The van der Waals surface area contributed by atoms with Crippen LogP contribution in [-0.2, 0) is 11.3 Å². The summed E-state index contributed by atoms with van der Waals surface area (Å²) in [6, 6.07) is 20.3. The first kappa shape index (κ1) is 19.7. The van der Waals surface area contributed by atoms with Gasteiger partial charge in [0.05, 0.1) is 16.5 Å². The molecule has 0 fully saturated rings. The second kappa shape index (κ2) is 8.39. The van der Waals surface area contributed by atoms with Crippen LogP contribution in [0.2, 0.25) is 0 Å². The standard InChI is InChI=1S/C23H15N3O5/c27-22(15-25-20-12-11-19(26(29)30)14-21(20)31-23(25)28)24-18-8-4-7-17(13-18)10-9-16-5-2-1-3-6-16/h1-8,11-14H,15H2,(H,24,27). The maximum atomic E-state index is 12.5. The summed E-state index contributed by atoms with van der Waals surface area (Å²) in [6.45, 7) is -0.302. The van der Waals surface area contributed by atoms with Crippen LogP contribution in [0, 0.1) is 22.0 Å². The number of anilines is 1. The minimum absolute atomic E-state index is 0.0465. The normalized spacial score (nSPS) is 10.3. The molecule has 8 heteroatoms. The summed E-state index contributed by atoms with van der Waals surface area (Å²) in [6.07, 6.45) is 0. The van der Waals surface area contributed by atoms with E-state index in [0.717, 1.165) is 21.8 Å². The molecule has 3 aromatic carbocycles. The van der Waals surface area contributed by atoms with E-state index in [-0.39, 0.29) is 17.8 Å². The SMILES string of the molecule is O=C(Cn1c(=O)oc2cc([N+](=O)[O-])ccc21)Nc1cccc(C#Cc2ccccc2)c1. The molecular formula is C23H15N3O5. The number of nitrogens with zero attached hydrogens (tertiary/aromatic N) is 2. The van der Waals surface area contributed by atoms with Gasteiger partial charge in [0, 0.05) is 22.9 Å². The van der Waals surface area contributed by atoms with Crippen molar-refractivity contribution in [3.8, 4) is 11.8 Å². The quantitative estimate of drug-likeness (QED) is 0.313. The summed E-state index contributed by atoms with van der Waals surface area (Å²) >= 11 is 0. The fourth-order valence-corrected chi connectivity index (χ4v) is 3.00. The molecule has 0 aliphatic rings. The number of rotatable bonds is 4. The molecule has 0 spiro atoms. The minimum Gasteiger partial charge on any atom is -0.407 e. The molecule has 0 unspecified atom stereocenters. The maximum absolute atomic E-state index is 12.5. The number of benzene rings is 3. The van der Waals surface area contributed by atoms with Gasteiger partial charge < -0.3 is 9.73 Å². The summed E-state index contributed by atoms with van der Waals surface area (Å²) < 4.78 is 6.16. The summed E-state index contributed by atoms with van der Waals surface area (Å²) in [7, 11) is 0. The van der Waals surface area contributed by atoms with Gasteiger partial charge >= 0.3 is 5.76 Å². The molecule has 0 aliphatic carbocycles. The molecule has 1 heterocycles. The lowest BCUT2D eigenvalue weighted by Crippen LogP contribution is -2.24. The van der Waals surface area contributed by atoms with Crippen molar-refractivity contribution in [3.05, 3.63) is 105 Å². The molecule has 0 aliphatic heterocycles. The monoisotopic (exact) mass is 413 g/mol. The Morgan fingerprint density at radius 3 is 2.52 bits per heavy atom. The van der Waals surface area contributed by atoms with Gasteiger partial charge in [-0.3, -0.25) is 19.5 Å². The Kier molecular flexibility index (Phi) is 5.32. The Bertz CT molecular complexity index is 1410. The topological polar surface area (TPSA) is 107 Å². The number of nitro groups is 1. The molecular weight excluding hydrogens is 398 g/mol. The number of fused-ring (bicyclic) bond motifs is 1. The molecule has 0 bridgehead atoms. The third-order valence-electron chi connectivity index (χ3n) is 4.44. The molecule has 31 heavy (non-hydrogen) atoms. The second-order valence-electron chi connectivity index (χ2n) is 6.61. The van der Waals surface area contributed by atoms with Crippen molar-refractivity contribution < 1.29 is 14.1 Å². The number of hydrogen-bond donors (Lipinski definition) is 1. The predicted octanol–water partition coefficient (Wildman–Crippen LogP) is 3.54. The van der Waals surface area contributed by atoms with Crippen molar-refractivity contribution in [1.29, 1.82) is 0 Å². The van der Waals surface area contributed by atoms with E-state index in [1.165, 1.54) is 12.1 Å². The van der Waals surface area contributed by atoms with Gasteiger partial charge in [0.25, 0.3) is 5.69 Å². The van der Waals surface area contributed by atoms with Crippen molar-refractivity contribution in [2.24, 2.45) is 0 Å². The Balaban J connectivity index is 1.51. The maximum Gasteiger partial charge on any atom is 0.420 e. The summed E-state index contributed by atoms with van der Waals surface area (Å²) in [5.41, 5.74) is 2.27. The summed E-state index contributed by atoms with van der Waals surface area (Å²) in [4.78, 5) is 34.9. The minimum atomic E-state index is -0.770. The van der Waals surface area contributed by atoms with Gasteiger partial charge in [-0.15, -0.1) is 0 Å². The molecule has 4 rings (SSSR count). The highest BCUT2D eigenvalue weighted by Crippen LogP contribution is 2.20. The molecule has 8 nitrogen and oxygen atoms in total. The Morgan fingerprint density at radius 2 is 1.74 bits per heavy atom. The predicted molar refractivity (Wildman–Crippen MR) is 115 cm³/mol. The Hall–Kier alpha value is -4.64. The number of aromatic nitrogens is 1. The van der Waals surface area contributed by atoms with Crippen LogP contribution in [0.4, 0.5) is 11.4 Å². The van der Waals surface area contributed by atoms with Crippen LogP contribution in [0.3, 0.4) is 0 Å². The second-order valence-corrected chi connectivity index (χ2v) is 6.61. The fourth-order valence-electron chi connectivity index (χ4n) is 3.00. The number of carbonyl (C=O) groups excluding carboxylic acids is 1. The molecule has 1 aromatic heterocycles. The van der Waals surface area contributed by atoms with Gasteiger partial charge in [0.1, 0.15) is 6.54 Å². The molecule has 0 atom stereocenters. The van der Waals surface area contributed by atoms with Gasteiger partial charge in [0.2, 0.25) is 5.91 Å². The van der Waals surface area contributed by atoms with E-state index in [2.05, 4.69) is 17.2 Å². The zero-order chi connectivity index (χ0) is 21.8. The van der Waals surface area contributed by atoms with Crippen LogP contribution in [0.5, 0.6) is 0 Å². The highest BCUT2D eigenvalue weighted by molar-refractivity contribution is 5.91.